The van der Waals surface area contributed by atoms with Crippen molar-refractivity contribution < 1.29 is 22.8 Å². The average Bonchev–Trinajstić information content (AvgIpc) is 2.89. The van der Waals surface area contributed by atoms with Crippen molar-refractivity contribution in [3.63, 3.8) is 0 Å². The quantitative estimate of drug-likeness (QED) is 0.834. The summed E-state index contributed by atoms with van der Waals surface area (Å²) < 4.78 is 37.6. The Morgan fingerprint density at radius 3 is 2.65 bits per heavy atom. The molecule has 7 heteroatoms. The molecule has 0 radical (unpaired) electrons. The van der Waals surface area contributed by atoms with Crippen molar-refractivity contribution in [2.24, 2.45) is 0 Å². The van der Waals surface area contributed by atoms with Crippen LogP contribution >= 0.6 is 0 Å². The predicted octanol–water partition coefficient (Wildman–Crippen LogP) is 2.83. The van der Waals surface area contributed by atoms with Crippen LogP contribution in [0.5, 0.6) is 0 Å². The largest absolute Gasteiger partial charge is 0.406 e. The molecule has 1 fully saturated rings. The number of rotatable bonds is 5. The molecule has 0 saturated carbocycles. The molecule has 1 aromatic rings. The van der Waals surface area contributed by atoms with Gasteiger partial charge in [0.05, 0.1) is 0 Å². The normalized spacial score (nSPS) is 15.1. The number of likely N-dealkylation sites (tertiary alicyclic amines) is 1. The highest BCUT2D eigenvalue weighted by Gasteiger charge is 2.32. The van der Waals surface area contributed by atoms with Gasteiger partial charge in [0.2, 0.25) is 5.91 Å². The van der Waals surface area contributed by atoms with Crippen LogP contribution in [0, 0.1) is 0 Å². The Morgan fingerprint density at radius 1 is 1.35 bits per heavy atom. The van der Waals surface area contributed by atoms with Gasteiger partial charge in [-0.2, -0.15) is 13.2 Å². The van der Waals surface area contributed by atoms with E-state index in [1.807, 2.05) is 0 Å². The summed E-state index contributed by atoms with van der Waals surface area (Å²) in [6, 6.07) is 6.45. The molecule has 2 amide bonds. The number of alkyl halides is 3. The number of hydrogen-bond acceptors (Lipinski definition) is 2. The second-order valence-corrected chi connectivity index (χ2v) is 5.55. The van der Waals surface area contributed by atoms with Gasteiger partial charge in [-0.3, -0.25) is 9.59 Å². The Labute approximate surface area is 132 Å². The summed E-state index contributed by atoms with van der Waals surface area (Å²) >= 11 is 0. The van der Waals surface area contributed by atoms with Crippen molar-refractivity contribution in [3.05, 3.63) is 35.4 Å². The molecule has 1 heterocycles. The first-order chi connectivity index (χ1) is 10.8. The molecule has 1 aliphatic rings. The van der Waals surface area contributed by atoms with E-state index in [0.717, 1.165) is 16.9 Å². The number of halogens is 3. The number of carbonyl (C=O) groups excluding carboxylic acids is 2. The van der Waals surface area contributed by atoms with Crippen LogP contribution < -0.4 is 0 Å². The Morgan fingerprint density at radius 2 is 2.09 bits per heavy atom. The van der Waals surface area contributed by atoms with Crippen LogP contribution in [0.15, 0.2) is 24.3 Å². The maximum Gasteiger partial charge on any atom is 0.406 e. The molecule has 0 bridgehead atoms. The molecule has 1 aromatic carbocycles. The van der Waals surface area contributed by atoms with Crippen LogP contribution in [-0.4, -0.2) is 47.4 Å². The predicted molar refractivity (Wildman–Crippen MR) is 78.7 cm³/mol. The minimum atomic E-state index is -4.43. The van der Waals surface area contributed by atoms with Gasteiger partial charge >= 0.3 is 6.18 Å². The third kappa shape index (κ3) is 4.71. The van der Waals surface area contributed by atoms with E-state index in [-0.39, 0.29) is 18.0 Å². The monoisotopic (exact) mass is 328 g/mol. The number of carbonyl (C=O) groups is 2. The van der Waals surface area contributed by atoms with Crippen LogP contribution in [0.1, 0.15) is 35.7 Å². The second-order valence-electron chi connectivity index (χ2n) is 5.55. The standard InChI is InChI=1S/C16H19F3N2O2/c1-2-20(11-16(17,18)19)15(23)13-6-3-5-12(9-13)10-21-8-4-7-14(21)22/h3,5-6,9H,2,4,7-8,10-11H2,1H3. The van der Waals surface area contributed by atoms with Gasteiger partial charge in [-0.1, -0.05) is 12.1 Å². The molecule has 23 heavy (non-hydrogen) atoms. The molecule has 0 unspecified atom stereocenters. The van der Waals surface area contributed by atoms with Crippen molar-refractivity contribution >= 4 is 11.8 Å². The molecular weight excluding hydrogens is 309 g/mol. The maximum absolute atomic E-state index is 12.5. The van der Waals surface area contributed by atoms with Gasteiger partial charge in [0.15, 0.2) is 0 Å². The van der Waals surface area contributed by atoms with Crippen LogP contribution in [0.3, 0.4) is 0 Å². The first kappa shape index (κ1) is 17.3. The van der Waals surface area contributed by atoms with Crippen molar-refractivity contribution in [2.45, 2.75) is 32.5 Å². The lowest BCUT2D eigenvalue weighted by atomic mass is 10.1. The van der Waals surface area contributed by atoms with Crippen LogP contribution in [-0.2, 0) is 11.3 Å². The van der Waals surface area contributed by atoms with E-state index >= 15 is 0 Å². The first-order valence-corrected chi connectivity index (χ1v) is 7.53. The summed E-state index contributed by atoms with van der Waals surface area (Å²) in [5.74, 6) is -0.589. The van der Waals surface area contributed by atoms with Crippen molar-refractivity contribution in [1.29, 1.82) is 0 Å². The Bertz CT molecular complexity index is 587. The lowest BCUT2D eigenvalue weighted by Crippen LogP contribution is -2.38. The highest BCUT2D eigenvalue weighted by atomic mass is 19.4. The van der Waals surface area contributed by atoms with Gasteiger partial charge in [-0.15, -0.1) is 0 Å². The van der Waals surface area contributed by atoms with Gasteiger partial charge in [0.25, 0.3) is 5.91 Å². The summed E-state index contributed by atoms with van der Waals surface area (Å²) in [6.07, 6.45) is -3.09. The Balaban J connectivity index is 2.11. The summed E-state index contributed by atoms with van der Waals surface area (Å²) in [5, 5.41) is 0. The topological polar surface area (TPSA) is 40.6 Å². The number of hydrogen-bond donors (Lipinski definition) is 0. The number of benzene rings is 1. The number of nitrogens with zero attached hydrogens (tertiary/aromatic N) is 2. The van der Waals surface area contributed by atoms with E-state index in [9.17, 15) is 22.8 Å². The molecule has 1 aliphatic heterocycles. The third-order valence-electron chi connectivity index (χ3n) is 3.76. The SMILES string of the molecule is CCN(CC(F)(F)F)C(=O)c1cccc(CN2CCCC2=O)c1. The minimum absolute atomic E-state index is 0.0207. The van der Waals surface area contributed by atoms with E-state index in [1.165, 1.54) is 13.0 Å². The zero-order valence-corrected chi connectivity index (χ0v) is 12.9. The van der Waals surface area contributed by atoms with Gasteiger partial charge < -0.3 is 9.80 Å². The fraction of sp³-hybridized carbons (Fsp3) is 0.500. The van der Waals surface area contributed by atoms with Crippen LogP contribution in [0.2, 0.25) is 0 Å². The van der Waals surface area contributed by atoms with E-state index < -0.39 is 18.6 Å². The molecule has 0 N–H and O–H groups in total. The Hall–Kier alpha value is -2.05. The average molecular weight is 328 g/mol. The van der Waals surface area contributed by atoms with E-state index in [2.05, 4.69) is 0 Å². The van der Waals surface area contributed by atoms with E-state index in [1.54, 1.807) is 23.1 Å². The highest BCUT2D eigenvalue weighted by molar-refractivity contribution is 5.94. The van der Waals surface area contributed by atoms with Crippen molar-refractivity contribution in [1.82, 2.24) is 9.80 Å². The fourth-order valence-electron chi connectivity index (χ4n) is 2.62. The number of amides is 2. The van der Waals surface area contributed by atoms with Gasteiger partial charge in [-0.05, 0) is 31.0 Å². The van der Waals surface area contributed by atoms with Gasteiger partial charge in [0, 0.05) is 31.6 Å². The smallest absolute Gasteiger partial charge is 0.338 e. The maximum atomic E-state index is 12.5. The molecule has 0 aliphatic carbocycles. The lowest BCUT2D eigenvalue weighted by molar-refractivity contribution is -0.140. The summed E-state index contributed by atoms with van der Waals surface area (Å²) in [7, 11) is 0. The lowest BCUT2D eigenvalue weighted by Gasteiger charge is -2.23. The molecule has 0 aromatic heterocycles. The summed E-state index contributed by atoms with van der Waals surface area (Å²) in [5.41, 5.74) is 0.953. The highest BCUT2D eigenvalue weighted by Crippen LogP contribution is 2.19. The minimum Gasteiger partial charge on any atom is -0.338 e. The first-order valence-electron chi connectivity index (χ1n) is 7.53. The van der Waals surface area contributed by atoms with Crippen LogP contribution in [0.25, 0.3) is 0 Å². The molecular formula is C16H19F3N2O2. The van der Waals surface area contributed by atoms with E-state index in [0.29, 0.717) is 19.5 Å². The molecule has 2 rings (SSSR count). The summed E-state index contributed by atoms with van der Waals surface area (Å²) in [6.45, 7) is 1.28. The Kier molecular flexibility index (Phi) is 5.28. The van der Waals surface area contributed by atoms with Crippen molar-refractivity contribution in [2.75, 3.05) is 19.6 Å². The van der Waals surface area contributed by atoms with Crippen molar-refractivity contribution in [3.8, 4) is 0 Å². The van der Waals surface area contributed by atoms with Gasteiger partial charge in [-0.25, -0.2) is 0 Å². The fourth-order valence-corrected chi connectivity index (χ4v) is 2.62. The summed E-state index contributed by atoms with van der Waals surface area (Å²) in [4.78, 5) is 26.3. The zero-order chi connectivity index (χ0) is 17.0. The zero-order valence-electron chi connectivity index (χ0n) is 12.9. The van der Waals surface area contributed by atoms with Crippen LogP contribution in [0.4, 0.5) is 13.2 Å². The molecule has 0 spiro atoms. The molecule has 1 saturated heterocycles. The second kappa shape index (κ2) is 7.02. The molecule has 4 nitrogen and oxygen atoms in total. The third-order valence-corrected chi connectivity index (χ3v) is 3.76. The molecule has 0 atom stereocenters. The van der Waals surface area contributed by atoms with E-state index in [4.69, 9.17) is 0 Å². The molecule has 126 valence electrons. The van der Waals surface area contributed by atoms with Gasteiger partial charge in [0.1, 0.15) is 6.54 Å².